The number of fused-ring (bicyclic) bond motifs is 1. The molecule has 2 aromatic rings. The zero-order valence-corrected chi connectivity index (χ0v) is 15.4. The van der Waals surface area contributed by atoms with Gasteiger partial charge >= 0.3 is 0 Å². The Bertz CT molecular complexity index is 735. The van der Waals surface area contributed by atoms with Crippen molar-refractivity contribution in [1.82, 2.24) is 15.0 Å². The third kappa shape index (κ3) is 3.23. The summed E-state index contributed by atoms with van der Waals surface area (Å²) in [4.78, 5) is 20.5. The number of rotatable bonds is 3. The highest BCUT2D eigenvalue weighted by Gasteiger charge is 2.39. The standard InChI is InChI=1S/C18H23ClN6/c1-23(2)17-5-8-20-18(22-17)25-10-7-13-6-9-24(12-15(13)25)16-4-3-14(19)11-21-16/h3-5,8,11,13,15H,6-7,9-10,12H2,1-2H3. The highest BCUT2D eigenvalue weighted by Crippen LogP contribution is 2.35. The topological polar surface area (TPSA) is 48.4 Å². The van der Waals surface area contributed by atoms with Crippen LogP contribution in [0, 0.1) is 5.92 Å². The quantitative estimate of drug-likeness (QED) is 0.840. The number of piperidine rings is 1. The lowest BCUT2D eigenvalue weighted by Gasteiger charge is -2.39. The SMILES string of the molecule is CN(C)c1ccnc(N2CCC3CCN(c4ccc(Cl)cn4)CC32)n1. The fraction of sp³-hybridized carbons (Fsp3) is 0.500. The van der Waals surface area contributed by atoms with Crippen LogP contribution in [0.25, 0.3) is 0 Å². The van der Waals surface area contributed by atoms with Crippen LogP contribution in [-0.4, -0.2) is 54.7 Å². The number of aromatic nitrogens is 3. The molecule has 0 N–H and O–H groups in total. The largest absolute Gasteiger partial charge is 0.363 e. The summed E-state index contributed by atoms with van der Waals surface area (Å²) in [7, 11) is 4.01. The fourth-order valence-corrected chi connectivity index (χ4v) is 3.99. The average molecular weight is 359 g/mol. The van der Waals surface area contributed by atoms with E-state index in [-0.39, 0.29) is 0 Å². The van der Waals surface area contributed by atoms with Gasteiger partial charge in [-0.2, -0.15) is 4.98 Å². The average Bonchev–Trinajstić information content (AvgIpc) is 3.05. The Kier molecular flexibility index (Phi) is 4.37. The molecule has 0 amide bonds. The molecule has 132 valence electrons. The van der Waals surface area contributed by atoms with Crippen molar-refractivity contribution in [2.24, 2.45) is 5.92 Å². The Morgan fingerprint density at radius 3 is 2.72 bits per heavy atom. The van der Waals surface area contributed by atoms with Crippen LogP contribution in [0.3, 0.4) is 0 Å². The molecule has 7 heteroatoms. The molecule has 0 aromatic carbocycles. The number of hydrogen-bond acceptors (Lipinski definition) is 6. The van der Waals surface area contributed by atoms with Gasteiger partial charge in [0.05, 0.1) is 11.1 Å². The minimum absolute atomic E-state index is 0.434. The van der Waals surface area contributed by atoms with Crippen LogP contribution < -0.4 is 14.7 Å². The summed E-state index contributed by atoms with van der Waals surface area (Å²) in [6.07, 6.45) is 5.96. The van der Waals surface area contributed by atoms with Gasteiger partial charge in [-0.05, 0) is 37.0 Å². The Morgan fingerprint density at radius 1 is 1.12 bits per heavy atom. The van der Waals surface area contributed by atoms with E-state index < -0.39 is 0 Å². The van der Waals surface area contributed by atoms with Crippen LogP contribution in [0.4, 0.5) is 17.6 Å². The monoisotopic (exact) mass is 358 g/mol. The Morgan fingerprint density at radius 2 is 1.96 bits per heavy atom. The van der Waals surface area contributed by atoms with E-state index in [1.165, 1.54) is 12.8 Å². The van der Waals surface area contributed by atoms with E-state index >= 15 is 0 Å². The van der Waals surface area contributed by atoms with Gasteiger partial charge in [-0.25, -0.2) is 9.97 Å². The van der Waals surface area contributed by atoms with Gasteiger partial charge in [-0.3, -0.25) is 0 Å². The van der Waals surface area contributed by atoms with Gasteiger partial charge in [-0.15, -0.1) is 0 Å². The molecule has 2 unspecified atom stereocenters. The predicted molar refractivity (Wildman–Crippen MR) is 102 cm³/mol. The first-order valence-corrected chi connectivity index (χ1v) is 9.13. The Balaban J connectivity index is 1.56. The molecule has 4 rings (SSSR count). The summed E-state index contributed by atoms with van der Waals surface area (Å²) in [6, 6.07) is 6.29. The zero-order valence-electron chi connectivity index (χ0n) is 14.6. The van der Waals surface area contributed by atoms with Crippen molar-refractivity contribution in [1.29, 1.82) is 0 Å². The Hall–Kier alpha value is -2.08. The molecule has 2 atom stereocenters. The van der Waals surface area contributed by atoms with Gasteiger partial charge in [0.2, 0.25) is 5.95 Å². The number of pyridine rings is 1. The fourth-order valence-electron chi connectivity index (χ4n) is 3.88. The lowest BCUT2D eigenvalue weighted by Crippen LogP contribution is -2.49. The smallest absolute Gasteiger partial charge is 0.227 e. The van der Waals surface area contributed by atoms with E-state index in [0.717, 1.165) is 37.2 Å². The first-order valence-electron chi connectivity index (χ1n) is 8.75. The lowest BCUT2D eigenvalue weighted by atomic mass is 9.92. The van der Waals surface area contributed by atoms with E-state index in [9.17, 15) is 0 Å². The van der Waals surface area contributed by atoms with Crippen molar-refractivity contribution in [3.8, 4) is 0 Å². The minimum Gasteiger partial charge on any atom is -0.363 e. The van der Waals surface area contributed by atoms with Gasteiger partial charge in [0.15, 0.2) is 0 Å². The summed E-state index contributed by atoms with van der Waals surface area (Å²) >= 11 is 5.97. The normalized spacial score (nSPS) is 22.8. The summed E-state index contributed by atoms with van der Waals surface area (Å²) in [5.74, 6) is 3.48. The third-order valence-electron chi connectivity index (χ3n) is 5.24. The van der Waals surface area contributed by atoms with E-state index in [4.69, 9.17) is 16.6 Å². The second-order valence-corrected chi connectivity index (χ2v) is 7.42. The number of anilines is 3. The highest BCUT2D eigenvalue weighted by atomic mass is 35.5. The van der Waals surface area contributed by atoms with Gasteiger partial charge in [0.1, 0.15) is 11.6 Å². The molecule has 0 aliphatic carbocycles. The predicted octanol–water partition coefficient (Wildman–Crippen LogP) is 2.70. The summed E-state index contributed by atoms with van der Waals surface area (Å²) in [6.45, 7) is 3.02. The molecule has 6 nitrogen and oxygen atoms in total. The van der Waals surface area contributed by atoms with Gasteiger partial charge < -0.3 is 14.7 Å². The molecule has 4 heterocycles. The molecule has 0 radical (unpaired) electrons. The summed E-state index contributed by atoms with van der Waals surface area (Å²) in [5, 5.41) is 0.676. The van der Waals surface area contributed by atoms with E-state index in [0.29, 0.717) is 17.0 Å². The number of hydrogen-bond donors (Lipinski definition) is 0. The van der Waals surface area contributed by atoms with E-state index in [1.807, 2.05) is 43.4 Å². The van der Waals surface area contributed by atoms with Gasteiger partial charge in [0.25, 0.3) is 0 Å². The zero-order chi connectivity index (χ0) is 17.4. The second kappa shape index (κ2) is 6.67. The van der Waals surface area contributed by atoms with Crippen molar-refractivity contribution in [2.75, 3.05) is 48.4 Å². The molecular weight excluding hydrogens is 336 g/mol. The van der Waals surface area contributed by atoms with Crippen molar-refractivity contribution < 1.29 is 0 Å². The van der Waals surface area contributed by atoms with Crippen LogP contribution in [0.2, 0.25) is 5.02 Å². The number of nitrogens with zero attached hydrogens (tertiary/aromatic N) is 6. The molecule has 0 saturated carbocycles. The lowest BCUT2D eigenvalue weighted by molar-refractivity contribution is 0.387. The van der Waals surface area contributed by atoms with Crippen LogP contribution in [0.15, 0.2) is 30.6 Å². The Labute approximate surface area is 153 Å². The van der Waals surface area contributed by atoms with Gasteiger partial charge in [0, 0.05) is 46.1 Å². The second-order valence-electron chi connectivity index (χ2n) is 6.99. The third-order valence-corrected chi connectivity index (χ3v) is 5.47. The molecule has 2 saturated heterocycles. The first kappa shape index (κ1) is 16.4. The molecule has 2 aliphatic heterocycles. The van der Waals surface area contributed by atoms with Crippen LogP contribution in [0.1, 0.15) is 12.8 Å². The molecule has 2 aliphatic rings. The number of halogens is 1. The molecule has 25 heavy (non-hydrogen) atoms. The van der Waals surface area contributed by atoms with Crippen molar-refractivity contribution in [3.63, 3.8) is 0 Å². The van der Waals surface area contributed by atoms with E-state index in [1.54, 1.807) is 6.20 Å². The van der Waals surface area contributed by atoms with Crippen molar-refractivity contribution >= 4 is 29.2 Å². The molecule has 2 fully saturated rings. The molecule has 2 aromatic heterocycles. The highest BCUT2D eigenvalue weighted by molar-refractivity contribution is 6.30. The maximum Gasteiger partial charge on any atom is 0.227 e. The summed E-state index contributed by atoms with van der Waals surface area (Å²) in [5.41, 5.74) is 0. The van der Waals surface area contributed by atoms with Gasteiger partial charge in [-0.1, -0.05) is 11.6 Å². The summed E-state index contributed by atoms with van der Waals surface area (Å²) < 4.78 is 0. The molecular formula is C18H23ClN6. The van der Waals surface area contributed by atoms with Crippen LogP contribution in [-0.2, 0) is 0 Å². The maximum absolute atomic E-state index is 5.97. The van der Waals surface area contributed by atoms with Crippen molar-refractivity contribution in [3.05, 3.63) is 35.6 Å². The minimum atomic E-state index is 0.434. The van der Waals surface area contributed by atoms with Crippen LogP contribution in [0.5, 0.6) is 0 Å². The van der Waals surface area contributed by atoms with Crippen LogP contribution >= 0.6 is 11.6 Å². The maximum atomic E-state index is 5.97. The molecule has 0 bridgehead atoms. The molecule has 0 spiro atoms. The van der Waals surface area contributed by atoms with Crippen molar-refractivity contribution in [2.45, 2.75) is 18.9 Å². The first-order chi connectivity index (χ1) is 12.1. The van der Waals surface area contributed by atoms with E-state index in [2.05, 4.69) is 19.8 Å².